The van der Waals surface area contributed by atoms with Crippen LogP contribution < -0.4 is 0 Å². The van der Waals surface area contributed by atoms with E-state index in [1.54, 1.807) is 0 Å². The summed E-state index contributed by atoms with van der Waals surface area (Å²) >= 11 is 0. The van der Waals surface area contributed by atoms with Crippen molar-refractivity contribution in [3.63, 3.8) is 0 Å². The van der Waals surface area contributed by atoms with Crippen molar-refractivity contribution in [2.45, 2.75) is 0 Å². The Kier molecular flexibility index (Phi) is 4.51. The predicted octanol–water partition coefficient (Wildman–Crippen LogP) is 7.99. The third-order valence-electron chi connectivity index (χ3n) is 7.84. The van der Waals surface area contributed by atoms with Gasteiger partial charge in [-0.05, 0) is 42.5 Å². The molecule has 41 heavy (non-hydrogen) atoms. The smallest absolute Gasteiger partial charge is 0.221 e. The van der Waals surface area contributed by atoms with Gasteiger partial charge in [-0.25, -0.2) is 15.0 Å². The molecule has 192 valence electrons. The molecule has 0 spiro atoms. The van der Waals surface area contributed by atoms with Gasteiger partial charge in [0.25, 0.3) is 0 Å². The molecule has 6 nitrogen and oxygen atoms in total. The largest absolute Gasteiger partial charge is 0.277 e. The fraction of sp³-hybridized carbons (Fsp3) is 0. The zero-order chi connectivity index (χ0) is 26.9. The Bertz CT molecular complexity index is 2410. The van der Waals surface area contributed by atoms with E-state index in [-0.39, 0.29) is 0 Å². The molecule has 4 heterocycles. The lowest BCUT2D eigenvalue weighted by molar-refractivity contribution is 1.04. The zero-order valence-corrected chi connectivity index (χ0v) is 21.9. The van der Waals surface area contributed by atoms with E-state index < -0.39 is 0 Å². The summed E-state index contributed by atoms with van der Waals surface area (Å²) in [5.41, 5.74) is 8.11. The average Bonchev–Trinajstić information content (AvgIpc) is 3.67. The van der Waals surface area contributed by atoms with Crippen molar-refractivity contribution >= 4 is 49.8 Å². The summed E-state index contributed by atoms with van der Waals surface area (Å²) in [4.78, 5) is 15.4. The second-order valence-electron chi connectivity index (χ2n) is 10.2. The second kappa shape index (κ2) is 8.37. The van der Waals surface area contributed by atoms with Gasteiger partial charge in [0.15, 0.2) is 17.3 Å². The quantitative estimate of drug-likeness (QED) is 0.234. The first kappa shape index (κ1) is 22.1. The number of fused-ring (bicyclic) bond motifs is 8. The number of para-hydroxylation sites is 5. The standard InChI is InChI=1S/C35H22N6/c1-3-13-23(14-4-1)32-36-27-19-9-7-17-25(27)33(38-32)40-29-21-11-8-18-26(29)31-34(40)41-30-22-12-10-20-28(30)37-35(41)39(31)24-15-5-2-6-16-24/h1-22H. The molecule has 6 heteroatoms. The third-order valence-corrected chi connectivity index (χ3v) is 7.84. The van der Waals surface area contributed by atoms with E-state index in [2.05, 4.69) is 111 Å². The number of imidazole rings is 2. The second-order valence-corrected chi connectivity index (χ2v) is 10.2. The highest BCUT2D eigenvalue weighted by atomic mass is 15.3. The summed E-state index contributed by atoms with van der Waals surface area (Å²) in [6, 6.07) is 45.8. The molecule has 9 rings (SSSR count). The van der Waals surface area contributed by atoms with E-state index in [1.807, 2.05) is 36.4 Å². The van der Waals surface area contributed by atoms with Gasteiger partial charge in [0.1, 0.15) is 5.52 Å². The van der Waals surface area contributed by atoms with Crippen molar-refractivity contribution in [1.82, 2.24) is 28.5 Å². The molecule has 0 saturated carbocycles. The van der Waals surface area contributed by atoms with Crippen molar-refractivity contribution in [2.75, 3.05) is 0 Å². The summed E-state index contributed by atoms with van der Waals surface area (Å²) in [5.74, 6) is 2.40. The zero-order valence-electron chi connectivity index (χ0n) is 21.9. The number of aromatic nitrogens is 6. The number of hydrogen-bond acceptors (Lipinski definition) is 3. The van der Waals surface area contributed by atoms with Crippen LogP contribution in [-0.2, 0) is 0 Å². The third kappa shape index (κ3) is 3.10. The van der Waals surface area contributed by atoms with E-state index >= 15 is 0 Å². The number of nitrogens with zero attached hydrogens (tertiary/aromatic N) is 6. The van der Waals surface area contributed by atoms with Crippen molar-refractivity contribution in [1.29, 1.82) is 0 Å². The van der Waals surface area contributed by atoms with Crippen LogP contribution in [0.25, 0.3) is 72.7 Å². The van der Waals surface area contributed by atoms with Crippen LogP contribution in [0.1, 0.15) is 0 Å². The first-order chi connectivity index (χ1) is 20.4. The minimum Gasteiger partial charge on any atom is -0.277 e. The summed E-state index contributed by atoms with van der Waals surface area (Å²) in [6.07, 6.45) is 0. The first-order valence-electron chi connectivity index (χ1n) is 13.7. The Balaban J connectivity index is 1.54. The number of hydrogen-bond donors (Lipinski definition) is 0. The molecule has 0 amide bonds. The van der Waals surface area contributed by atoms with Crippen molar-refractivity contribution in [3.05, 3.63) is 133 Å². The molecule has 0 fully saturated rings. The van der Waals surface area contributed by atoms with E-state index in [0.717, 1.165) is 66.8 Å². The van der Waals surface area contributed by atoms with Crippen LogP contribution in [0, 0.1) is 0 Å². The summed E-state index contributed by atoms with van der Waals surface area (Å²) < 4.78 is 6.84. The van der Waals surface area contributed by atoms with Gasteiger partial charge in [0.05, 0.1) is 22.1 Å². The summed E-state index contributed by atoms with van der Waals surface area (Å²) in [6.45, 7) is 0. The van der Waals surface area contributed by atoms with Crippen LogP contribution in [-0.4, -0.2) is 28.5 Å². The lowest BCUT2D eigenvalue weighted by Gasteiger charge is -2.12. The fourth-order valence-corrected chi connectivity index (χ4v) is 6.09. The van der Waals surface area contributed by atoms with Crippen LogP contribution in [0.5, 0.6) is 0 Å². The van der Waals surface area contributed by atoms with Crippen molar-refractivity contribution < 1.29 is 0 Å². The minimum absolute atomic E-state index is 0.694. The van der Waals surface area contributed by atoms with Gasteiger partial charge in [-0.1, -0.05) is 91.0 Å². The maximum atomic E-state index is 5.28. The average molecular weight is 527 g/mol. The van der Waals surface area contributed by atoms with Crippen LogP contribution >= 0.6 is 0 Å². The Hall–Kier alpha value is -5.75. The van der Waals surface area contributed by atoms with Crippen LogP contribution in [0.3, 0.4) is 0 Å². The molecule has 0 unspecified atom stereocenters. The number of benzene rings is 5. The highest BCUT2D eigenvalue weighted by molar-refractivity contribution is 6.11. The monoisotopic (exact) mass is 526 g/mol. The molecule has 0 aliphatic heterocycles. The van der Waals surface area contributed by atoms with Gasteiger partial charge in [0.2, 0.25) is 5.78 Å². The molecule has 0 atom stereocenters. The highest BCUT2D eigenvalue weighted by Crippen LogP contribution is 2.39. The molecular weight excluding hydrogens is 504 g/mol. The number of rotatable bonds is 3. The van der Waals surface area contributed by atoms with Gasteiger partial charge in [-0.2, -0.15) is 0 Å². The van der Waals surface area contributed by atoms with E-state index in [0.29, 0.717) is 5.82 Å². The van der Waals surface area contributed by atoms with E-state index in [1.165, 1.54) is 0 Å². The SMILES string of the molecule is c1ccc(-c2nc(-n3c4ccccc4c4c3n3c5ccccc5nc3n4-c3ccccc3)c3ccccc3n2)cc1. The predicted molar refractivity (Wildman–Crippen MR) is 165 cm³/mol. The van der Waals surface area contributed by atoms with Crippen molar-refractivity contribution in [2.24, 2.45) is 0 Å². The molecule has 9 aromatic rings. The van der Waals surface area contributed by atoms with Crippen LogP contribution in [0.2, 0.25) is 0 Å². The maximum Gasteiger partial charge on any atom is 0.221 e. The molecule has 5 aromatic carbocycles. The Morgan fingerprint density at radius 2 is 1.10 bits per heavy atom. The highest BCUT2D eigenvalue weighted by Gasteiger charge is 2.26. The molecule has 0 aliphatic carbocycles. The topological polar surface area (TPSA) is 52.9 Å². The Morgan fingerprint density at radius 1 is 0.463 bits per heavy atom. The molecule has 0 saturated heterocycles. The molecule has 0 bridgehead atoms. The molecular formula is C35H22N6. The first-order valence-corrected chi connectivity index (χ1v) is 13.7. The normalized spacial score (nSPS) is 11.9. The van der Waals surface area contributed by atoms with E-state index in [9.17, 15) is 0 Å². The minimum atomic E-state index is 0.694. The van der Waals surface area contributed by atoms with Crippen molar-refractivity contribution in [3.8, 4) is 22.9 Å². The van der Waals surface area contributed by atoms with Crippen LogP contribution in [0.4, 0.5) is 0 Å². The molecule has 4 aromatic heterocycles. The van der Waals surface area contributed by atoms with Gasteiger partial charge >= 0.3 is 0 Å². The van der Waals surface area contributed by atoms with Gasteiger partial charge in [-0.3, -0.25) is 13.5 Å². The van der Waals surface area contributed by atoms with E-state index in [4.69, 9.17) is 15.0 Å². The maximum absolute atomic E-state index is 5.28. The molecule has 0 N–H and O–H groups in total. The van der Waals surface area contributed by atoms with Gasteiger partial charge < -0.3 is 0 Å². The lowest BCUT2D eigenvalue weighted by atomic mass is 10.2. The Morgan fingerprint density at radius 3 is 1.90 bits per heavy atom. The lowest BCUT2D eigenvalue weighted by Crippen LogP contribution is -2.04. The Labute approximate surface area is 234 Å². The van der Waals surface area contributed by atoms with Crippen LogP contribution in [0.15, 0.2) is 133 Å². The summed E-state index contributed by atoms with van der Waals surface area (Å²) in [5, 5.41) is 2.12. The summed E-state index contributed by atoms with van der Waals surface area (Å²) in [7, 11) is 0. The van der Waals surface area contributed by atoms with Gasteiger partial charge in [-0.15, -0.1) is 0 Å². The molecule has 0 radical (unpaired) electrons. The fourth-order valence-electron chi connectivity index (χ4n) is 6.09. The molecule has 0 aliphatic rings. The van der Waals surface area contributed by atoms with Gasteiger partial charge in [0, 0.05) is 22.0 Å².